The standard InChI is InChI=1S/C7H10N2O.ClH/c1-2-3-6-7(10)9-5-4-8-6;/h1,6,8H,3-5H2,(H,9,10);1H. The third-order valence-corrected chi connectivity index (χ3v) is 1.45. The first-order valence-electron chi connectivity index (χ1n) is 3.29. The SMILES string of the molecule is C#CCC1NCCNC1=O.Cl. The molecule has 3 nitrogen and oxygen atoms in total. The Bertz CT molecular complexity index is 176. The zero-order chi connectivity index (χ0) is 7.40. The van der Waals surface area contributed by atoms with Gasteiger partial charge >= 0.3 is 0 Å². The van der Waals surface area contributed by atoms with Gasteiger partial charge in [0.15, 0.2) is 0 Å². The second kappa shape index (κ2) is 5.00. The van der Waals surface area contributed by atoms with Gasteiger partial charge in [-0.25, -0.2) is 0 Å². The van der Waals surface area contributed by atoms with E-state index in [9.17, 15) is 4.79 Å². The Morgan fingerprint density at radius 1 is 1.64 bits per heavy atom. The zero-order valence-corrected chi connectivity index (χ0v) is 6.91. The number of terminal acetylenes is 1. The van der Waals surface area contributed by atoms with Crippen molar-refractivity contribution in [3.63, 3.8) is 0 Å². The number of carbonyl (C=O) groups is 1. The van der Waals surface area contributed by atoms with Crippen molar-refractivity contribution in [2.24, 2.45) is 0 Å². The van der Waals surface area contributed by atoms with Crippen molar-refractivity contribution in [1.82, 2.24) is 10.6 Å². The fourth-order valence-electron chi connectivity index (χ4n) is 0.931. The minimum absolute atomic E-state index is 0. The lowest BCUT2D eigenvalue weighted by atomic mass is 10.1. The summed E-state index contributed by atoms with van der Waals surface area (Å²) in [5, 5.41) is 5.74. The zero-order valence-electron chi connectivity index (χ0n) is 6.09. The Hall–Kier alpha value is -0.720. The molecule has 0 bridgehead atoms. The molecule has 0 aromatic heterocycles. The molecule has 11 heavy (non-hydrogen) atoms. The fourth-order valence-corrected chi connectivity index (χ4v) is 0.931. The summed E-state index contributed by atoms with van der Waals surface area (Å²) in [4.78, 5) is 10.9. The van der Waals surface area contributed by atoms with E-state index >= 15 is 0 Å². The molecule has 0 aromatic rings. The highest BCUT2D eigenvalue weighted by Gasteiger charge is 2.19. The Morgan fingerprint density at radius 2 is 2.36 bits per heavy atom. The maximum Gasteiger partial charge on any atom is 0.238 e. The number of hydrogen-bond acceptors (Lipinski definition) is 2. The van der Waals surface area contributed by atoms with Crippen molar-refractivity contribution in [1.29, 1.82) is 0 Å². The Kier molecular flexibility index (Phi) is 4.67. The molecular weight excluding hydrogens is 164 g/mol. The molecule has 1 unspecified atom stereocenters. The van der Waals surface area contributed by atoms with Gasteiger partial charge in [0, 0.05) is 19.5 Å². The summed E-state index contributed by atoms with van der Waals surface area (Å²) in [6.07, 6.45) is 5.53. The molecular formula is C7H11ClN2O. The summed E-state index contributed by atoms with van der Waals surface area (Å²) < 4.78 is 0. The first kappa shape index (κ1) is 10.3. The van der Waals surface area contributed by atoms with E-state index in [4.69, 9.17) is 6.42 Å². The Labute approximate surface area is 72.3 Å². The molecule has 0 radical (unpaired) electrons. The molecule has 1 aliphatic heterocycles. The number of rotatable bonds is 1. The highest BCUT2D eigenvalue weighted by Crippen LogP contribution is 1.92. The van der Waals surface area contributed by atoms with E-state index in [2.05, 4.69) is 16.6 Å². The van der Waals surface area contributed by atoms with Gasteiger partial charge in [-0.2, -0.15) is 0 Å². The molecule has 62 valence electrons. The number of halogens is 1. The molecule has 4 heteroatoms. The molecule has 1 atom stereocenters. The van der Waals surface area contributed by atoms with Gasteiger partial charge in [0.2, 0.25) is 5.91 Å². The molecule has 1 rings (SSSR count). The van der Waals surface area contributed by atoms with E-state index in [1.807, 2.05) is 0 Å². The highest BCUT2D eigenvalue weighted by atomic mass is 35.5. The maximum absolute atomic E-state index is 10.9. The summed E-state index contributed by atoms with van der Waals surface area (Å²) in [7, 11) is 0. The molecule has 0 aliphatic carbocycles. The predicted molar refractivity (Wildman–Crippen MR) is 45.5 cm³/mol. The highest BCUT2D eigenvalue weighted by molar-refractivity contribution is 5.85. The largest absolute Gasteiger partial charge is 0.353 e. The van der Waals surface area contributed by atoms with Crippen molar-refractivity contribution >= 4 is 18.3 Å². The van der Waals surface area contributed by atoms with Crippen LogP contribution in [0.2, 0.25) is 0 Å². The van der Waals surface area contributed by atoms with Gasteiger partial charge < -0.3 is 10.6 Å². The summed E-state index contributed by atoms with van der Waals surface area (Å²) >= 11 is 0. The molecule has 2 N–H and O–H groups in total. The average molecular weight is 175 g/mol. The minimum Gasteiger partial charge on any atom is -0.353 e. The number of hydrogen-bond donors (Lipinski definition) is 2. The third-order valence-electron chi connectivity index (χ3n) is 1.45. The second-order valence-corrected chi connectivity index (χ2v) is 2.21. The molecule has 1 aliphatic rings. The van der Waals surface area contributed by atoms with Gasteiger partial charge in [-0.3, -0.25) is 4.79 Å². The molecule has 1 heterocycles. The van der Waals surface area contributed by atoms with Crippen LogP contribution < -0.4 is 10.6 Å². The number of amides is 1. The van der Waals surface area contributed by atoms with Crippen LogP contribution in [0, 0.1) is 12.3 Å². The van der Waals surface area contributed by atoms with Crippen LogP contribution in [0.25, 0.3) is 0 Å². The van der Waals surface area contributed by atoms with Crippen LogP contribution in [0.5, 0.6) is 0 Å². The van der Waals surface area contributed by atoms with Crippen molar-refractivity contribution in [3.05, 3.63) is 0 Å². The van der Waals surface area contributed by atoms with Crippen LogP contribution in [0.15, 0.2) is 0 Å². The van der Waals surface area contributed by atoms with E-state index in [0.717, 1.165) is 6.54 Å². The number of nitrogens with one attached hydrogen (secondary N) is 2. The van der Waals surface area contributed by atoms with E-state index < -0.39 is 0 Å². The maximum atomic E-state index is 10.9. The quantitative estimate of drug-likeness (QED) is 0.528. The third kappa shape index (κ3) is 2.79. The van der Waals surface area contributed by atoms with Crippen LogP contribution >= 0.6 is 12.4 Å². The molecule has 0 aromatic carbocycles. The number of piperazine rings is 1. The molecule has 1 fully saturated rings. The average Bonchev–Trinajstić information content (AvgIpc) is 1.94. The van der Waals surface area contributed by atoms with E-state index in [1.54, 1.807) is 0 Å². The first-order chi connectivity index (χ1) is 4.84. The lowest BCUT2D eigenvalue weighted by Crippen LogP contribution is -2.52. The monoisotopic (exact) mass is 174 g/mol. The van der Waals surface area contributed by atoms with E-state index in [-0.39, 0.29) is 24.4 Å². The van der Waals surface area contributed by atoms with Crippen molar-refractivity contribution in [3.8, 4) is 12.3 Å². The van der Waals surface area contributed by atoms with E-state index in [1.165, 1.54) is 0 Å². The fraction of sp³-hybridized carbons (Fsp3) is 0.571. The predicted octanol–water partition coefficient (Wildman–Crippen LogP) is -0.480. The molecule has 1 amide bonds. The van der Waals surface area contributed by atoms with Gasteiger partial charge in [-0.15, -0.1) is 24.8 Å². The minimum atomic E-state index is -0.168. The second-order valence-electron chi connectivity index (χ2n) is 2.21. The number of carbonyl (C=O) groups excluding carboxylic acids is 1. The van der Waals surface area contributed by atoms with Crippen LogP contribution in [-0.2, 0) is 4.79 Å². The summed E-state index contributed by atoms with van der Waals surface area (Å²) in [6.45, 7) is 1.53. The van der Waals surface area contributed by atoms with Crippen LogP contribution in [0.1, 0.15) is 6.42 Å². The molecule has 1 saturated heterocycles. The van der Waals surface area contributed by atoms with Crippen molar-refractivity contribution < 1.29 is 4.79 Å². The van der Waals surface area contributed by atoms with E-state index in [0.29, 0.717) is 13.0 Å². The van der Waals surface area contributed by atoms with Crippen LogP contribution in [-0.4, -0.2) is 25.0 Å². The first-order valence-corrected chi connectivity index (χ1v) is 3.29. The summed E-state index contributed by atoms with van der Waals surface area (Å²) in [5.41, 5.74) is 0. The Morgan fingerprint density at radius 3 is 2.91 bits per heavy atom. The van der Waals surface area contributed by atoms with Gasteiger partial charge in [0.25, 0.3) is 0 Å². The lowest BCUT2D eigenvalue weighted by Gasteiger charge is -2.21. The van der Waals surface area contributed by atoms with Crippen LogP contribution in [0.4, 0.5) is 0 Å². The van der Waals surface area contributed by atoms with Crippen molar-refractivity contribution in [2.45, 2.75) is 12.5 Å². The van der Waals surface area contributed by atoms with Gasteiger partial charge in [0.05, 0.1) is 6.04 Å². The Balaban J connectivity index is 0.000001000. The normalized spacial score (nSPS) is 22.8. The summed E-state index contributed by atoms with van der Waals surface area (Å²) in [5.74, 6) is 2.46. The van der Waals surface area contributed by atoms with Gasteiger partial charge in [-0.05, 0) is 0 Å². The van der Waals surface area contributed by atoms with Gasteiger partial charge in [-0.1, -0.05) is 0 Å². The molecule has 0 saturated carbocycles. The van der Waals surface area contributed by atoms with Crippen LogP contribution in [0.3, 0.4) is 0 Å². The lowest BCUT2D eigenvalue weighted by molar-refractivity contribution is -0.124. The van der Waals surface area contributed by atoms with Gasteiger partial charge in [0.1, 0.15) is 0 Å². The molecule has 0 spiro atoms. The summed E-state index contributed by atoms with van der Waals surface area (Å²) in [6, 6.07) is -0.168. The smallest absolute Gasteiger partial charge is 0.238 e. The van der Waals surface area contributed by atoms with Crippen molar-refractivity contribution in [2.75, 3.05) is 13.1 Å². The topological polar surface area (TPSA) is 41.1 Å².